The molecule has 8 nitrogen and oxygen atoms in total. The molecule has 126 valence electrons. The van der Waals surface area contributed by atoms with E-state index in [1.54, 1.807) is 6.07 Å². The summed E-state index contributed by atoms with van der Waals surface area (Å²) in [6, 6.07) is 1.59. The number of sulfonamides is 1. The fourth-order valence-electron chi connectivity index (χ4n) is 3.23. The summed E-state index contributed by atoms with van der Waals surface area (Å²) >= 11 is 0. The van der Waals surface area contributed by atoms with Crippen LogP contribution in [0.25, 0.3) is 0 Å². The predicted molar refractivity (Wildman–Crippen MR) is 82.1 cm³/mol. The Morgan fingerprint density at radius 3 is 3.00 bits per heavy atom. The number of nitrogens with one attached hydrogen (secondary N) is 1. The molecule has 0 aromatic carbocycles. The summed E-state index contributed by atoms with van der Waals surface area (Å²) in [5.74, 6) is 0.245. The summed E-state index contributed by atoms with van der Waals surface area (Å²) in [5, 5.41) is 10.1. The normalized spacial score (nSPS) is 28.3. The Hall–Kier alpha value is -1.58. The van der Waals surface area contributed by atoms with Crippen molar-refractivity contribution in [1.82, 2.24) is 19.8 Å². The number of rotatable bonds is 4. The lowest BCUT2D eigenvalue weighted by molar-refractivity contribution is 0.0751. The van der Waals surface area contributed by atoms with E-state index in [0.29, 0.717) is 37.7 Å². The number of ether oxygens (including phenoxy) is 1. The first kappa shape index (κ1) is 16.3. The zero-order valence-corrected chi connectivity index (χ0v) is 13.7. The smallest absolute Gasteiger partial charge is 0.253 e. The van der Waals surface area contributed by atoms with Crippen molar-refractivity contribution < 1.29 is 17.9 Å². The standard InChI is InChI=1S/C14H20N4O4S/c1-23(20,21)18-5-3-11-9-22-13(12(11)8-18)7-15-14(19)10-2-4-16-17-6-10/h2,4,6,11-13H,3,5,7-9H2,1H3,(H,15,19)/t11-,12-,13+/m0/s1. The van der Waals surface area contributed by atoms with Gasteiger partial charge in [-0.25, -0.2) is 12.7 Å². The van der Waals surface area contributed by atoms with E-state index in [0.717, 1.165) is 6.42 Å². The van der Waals surface area contributed by atoms with Crippen LogP contribution in [0.3, 0.4) is 0 Å². The van der Waals surface area contributed by atoms with Gasteiger partial charge in [-0.2, -0.15) is 10.2 Å². The molecule has 1 N–H and O–H groups in total. The molecule has 0 unspecified atom stereocenters. The van der Waals surface area contributed by atoms with E-state index in [2.05, 4.69) is 15.5 Å². The van der Waals surface area contributed by atoms with E-state index in [1.807, 2.05) is 0 Å². The summed E-state index contributed by atoms with van der Waals surface area (Å²) in [4.78, 5) is 12.0. The van der Waals surface area contributed by atoms with Gasteiger partial charge in [-0.05, 0) is 18.4 Å². The van der Waals surface area contributed by atoms with Crippen molar-refractivity contribution >= 4 is 15.9 Å². The van der Waals surface area contributed by atoms with Gasteiger partial charge in [-0.15, -0.1) is 0 Å². The zero-order valence-electron chi connectivity index (χ0n) is 12.9. The molecule has 0 bridgehead atoms. The molecule has 1 aromatic heterocycles. The molecule has 3 atom stereocenters. The highest BCUT2D eigenvalue weighted by Crippen LogP contribution is 2.34. The van der Waals surface area contributed by atoms with Gasteiger partial charge in [0.25, 0.3) is 5.91 Å². The summed E-state index contributed by atoms with van der Waals surface area (Å²) in [6.45, 7) is 1.99. The van der Waals surface area contributed by atoms with Gasteiger partial charge in [-0.3, -0.25) is 4.79 Å². The molecule has 23 heavy (non-hydrogen) atoms. The number of piperidine rings is 1. The quantitative estimate of drug-likeness (QED) is 0.793. The highest BCUT2D eigenvalue weighted by Gasteiger charge is 2.42. The van der Waals surface area contributed by atoms with Crippen LogP contribution in [-0.2, 0) is 14.8 Å². The first-order valence-corrected chi connectivity index (χ1v) is 9.41. The lowest BCUT2D eigenvalue weighted by Gasteiger charge is -2.34. The van der Waals surface area contributed by atoms with E-state index in [1.165, 1.54) is 23.0 Å². The number of carbonyl (C=O) groups excluding carboxylic acids is 1. The molecule has 1 aromatic rings. The molecule has 0 aliphatic carbocycles. The Morgan fingerprint density at radius 2 is 2.30 bits per heavy atom. The van der Waals surface area contributed by atoms with Gasteiger partial charge in [-0.1, -0.05) is 0 Å². The van der Waals surface area contributed by atoms with Gasteiger partial charge in [0, 0.05) is 25.6 Å². The third-order valence-electron chi connectivity index (χ3n) is 4.55. The molecule has 1 amide bonds. The van der Waals surface area contributed by atoms with Crippen molar-refractivity contribution in [3.63, 3.8) is 0 Å². The number of carbonyl (C=O) groups is 1. The Bertz CT molecular complexity index is 667. The lowest BCUT2D eigenvalue weighted by Crippen LogP contribution is -2.47. The Kier molecular flexibility index (Phi) is 4.60. The molecule has 9 heteroatoms. The van der Waals surface area contributed by atoms with Gasteiger partial charge in [0.1, 0.15) is 0 Å². The van der Waals surface area contributed by atoms with Crippen LogP contribution in [0.1, 0.15) is 16.8 Å². The second kappa shape index (κ2) is 6.50. The molecule has 0 radical (unpaired) electrons. The second-order valence-corrected chi connectivity index (χ2v) is 8.03. The van der Waals surface area contributed by atoms with Crippen LogP contribution in [-0.4, -0.2) is 67.4 Å². The maximum absolute atomic E-state index is 12.0. The first-order chi connectivity index (χ1) is 10.9. The fourth-order valence-corrected chi connectivity index (χ4v) is 4.11. The summed E-state index contributed by atoms with van der Waals surface area (Å²) in [6.07, 6.45) is 4.73. The Balaban J connectivity index is 1.59. The maximum atomic E-state index is 12.0. The van der Waals surface area contributed by atoms with E-state index in [9.17, 15) is 13.2 Å². The molecule has 2 aliphatic rings. The van der Waals surface area contributed by atoms with Crippen molar-refractivity contribution in [2.45, 2.75) is 12.5 Å². The number of amides is 1. The largest absolute Gasteiger partial charge is 0.376 e. The molecule has 3 rings (SSSR count). The molecular weight excluding hydrogens is 320 g/mol. The van der Waals surface area contributed by atoms with E-state index in [4.69, 9.17) is 4.74 Å². The topological polar surface area (TPSA) is 101 Å². The summed E-state index contributed by atoms with van der Waals surface area (Å²) in [7, 11) is -3.19. The minimum absolute atomic E-state index is 0.120. The summed E-state index contributed by atoms with van der Waals surface area (Å²) in [5.41, 5.74) is 0.441. The number of nitrogens with zero attached hydrogens (tertiary/aromatic N) is 3. The fraction of sp³-hybridized carbons (Fsp3) is 0.643. The van der Waals surface area contributed by atoms with Crippen LogP contribution in [0.4, 0.5) is 0 Å². The average molecular weight is 340 g/mol. The van der Waals surface area contributed by atoms with Crippen molar-refractivity contribution in [3.05, 3.63) is 24.0 Å². The molecular formula is C14H20N4O4S. The van der Waals surface area contributed by atoms with Crippen LogP contribution >= 0.6 is 0 Å². The Labute approximate surface area is 135 Å². The van der Waals surface area contributed by atoms with E-state index in [-0.39, 0.29) is 17.9 Å². The minimum Gasteiger partial charge on any atom is -0.376 e. The van der Waals surface area contributed by atoms with Gasteiger partial charge < -0.3 is 10.1 Å². The highest BCUT2D eigenvalue weighted by molar-refractivity contribution is 7.88. The van der Waals surface area contributed by atoms with Gasteiger partial charge in [0.05, 0.1) is 36.9 Å². The molecule has 3 heterocycles. The Morgan fingerprint density at radius 1 is 1.48 bits per heavy atom. The number of fused-ring (bicyclic) bond motifs is 1. The van der Waals surface area contributed by atoms with Gasteiger partial charge in [0.2, 0.25) is 10.0 Å². The SMILES string of the molecule is CS(=O)(=O)N1CC[C@H]2CO[C@H](CNC(=O)c3ccnnc3)[C@H]2C1. The van der Waals surface area contributed by atoms with E-state index >= 15 is 0 Å². The molecule has 2 saturated heterocycles. The monoisotopic (exact) mass is 340 g/mol. The lowest BCUT2D eigenvalue weighted by atomic mass is 9.85. The number of aromatic nitrogens is 2. The predicted octanol–water partition coefficient (Wildman–Crippen LogP) is -0.497. The van der Waals surface area contributed by atoms with Crippen molar-refractivity contribution in [3.8, 4) is 0 Å². The first-order valence-electron chi connectivity index (χ1n) is 7.57. The van der Waals surface area contributed by atoms with Crippen molar-refractivity contribution in [2.24, 2.45) is 11.8 Å². The van der Waals surface area contributed by atoms with Crippen molar-refractivity contribution in [1.29, 1.82) is 0 Å². The second-order valence-electron chi connectivity index (χ2n) is 6.05. The number of hydrogen-bond donors (Lipinski definition) is 1. The third-order valence-corrected chi connectivity index (χ3v) is 5.82. The van der Waals surface area contributed by atoms with Crippen LogP contribution in [0, 0.1) is 11.8 Å². The number of hydrogen-bond acceptors (Lipinski definition) is 6. The molecule has 2 aliphatic heterocycles. The van der Waals surface area contributed by atoms with Gasteiger partial charge in [0.15, 0.2) is 0 Å². The molecule has 2 fully saturated rings. The molecule has 0 saturated carbocycles. The van der Waals surface area contributed by atoms with Crippen LogP contribution in [0.2, 0.25) is 0 Å². The van der Waals surface area contributed by atoms with Crippen LogP contribution in [0.15, 0.2) is 18.5 Å². The maximum Gasteiger partial charge on any atom is 0.253 e. The average Bonchev–Trinajstić information content (AvgIpc) is 2.95. The van der Waals surface area contributed by atoms with Crippen LogP contribution < -0.4 is 5.32 Å². The zero-order chi connectivity index (χ0) is 16.4. The van der Waals surface area contributed by atoms with Gasteiger partial charge >= 0.3 is 0 Å². The van der Waals surface area contributed by atoms with E-state index < -0.39 is 10.0 Å². The highest BCUT2D eigenvalue weighted by atomic mass is 32.2. The minimum atomic E-state index is -3.19. The van der Waals surface area contributed by atoms with Crippen molar-refractivity contribution in [2.75, 3.05) is 32.5 Å². The molecule has 0 spiro atoms. The van der Waals surface area contributed by atoms with Crippen LogP contribution in [0.5, 0.6) is 0 Å². The third kappa shape index (κ3) is 3.67. The summed E-state index contributed by atoms with van der Waals surface area (Å²) < 4.78 is 30.8.